The van der Waals surface area contributed by atoms with Gasteiger partial charge in [0.25, 0.3) is 0 Å². The van der Waals surface area contributed by atoms with Gasteiger partial charge in [0.05, 0.1) is 85.9 Å². The van der Waals surface area contributed by atoms with Crippen molar-refractivity contribution in [3.05, 3.63) is 35.9 Å². The summed E-state index contributed by atoms with van der Waals surface area (Å²) in [4.78, 5) is 0. The molecule has 0 aliphatic carbocycles. The molecule has 1 aromatic carbocycles. The van der Waals surface area contributed by atoms with Gasteiger partial charge in [-0.1, -0.05) is 30.3 Å². The van der Waals surface area contributed by atoms with E-state index in [9.17, 15) is 0 Å². The highest BCUT2D eigenvalue weighted by atomic mass is 16.7. The zero-order valence-electron chi connectivity index (χ0n) is 16.6. The van der Waals surface area contributed by atoms with Crippen LogP contribution < -0.4 is 0 Å². The van der Waals surface area contributed by atoms with Gasteiger partial charge in [0, 0.05) is 0 Å². The van der Waals surface area contributed by atoms with Crippen LogP contribution in [0.25, 0.3) is 0 Å². The summed E-state index contributed by atoms with van der Waals surface area (Å²) in [5.74, 6) is 0. The first-order valence-electron chi connectivity index (χ1n) is 9.62. The second-order valence-corrected chi connectivity index (χ2v) is 5.65. The molecule has 0 spiro atoms. The average molecular weight is 402 g/mol. The van der Waals surface area contributed by atoms with Gasteiger partial charge in [0.1, 0.15) is 6.79 Å². The Morgan fingerprint density at radius 1 is 0.500 bits per heavy atom. The number of rotatable bonds is 21. The fourth-order valence-corrected chi connectivity index (χ4v) is 2.02. The normalized spacial score (nSPS) is 11.2. The Morgan fingerprint density at radius 2 is 0.929 bits per heavy atom. The lowest BCUT2D eigenvalue weighted by Crippen LogP contribution is -2.14. The highest BCUT2D eigenvalue weighted by Gasteiger charge is 1.95. The zero-order valence-corrected chi connectivity index (χ0v) is 16.6. The first kappa shape index (κ1) is 24.9. The molecule has 0 atom stereocenters. The molecule has 0 unspecified atom stereocenters. The van der Waals surface area contributed by atoms with Crippen LogP contribution in [0.15, 0.2) is 30.3 Å². The Morgan fingerprint density at radius 3 is 1.39 bits per heavy atom. The van der Waals surface area contributed by atoms with Gasteiger partial charge in [-0.05, 0) is 5.56 Å². The van der Waals surface area contributed by atoms with Crippen LogP contribution in [-0.2, 0) is 39.8 Å². The Balaban J connectivity index is 1.67. The van der Waals surface area contributed by atoms with Gasteiger partial charge in [-0.25, -0.2) is 0 Å². The Bertz CT molecular complexity index is 418. The monoisotopic (exact) mass is 402 g/mol. The van der Waals surface area contributed by atoms with Gasteiger partial charge < -0.3 is 38.3 Å². The van der Waals surface area contributed by atoms with E-state index in [1.807, 2.05) is 30.3 Å². The molecule has 0 amide bonds. The van der Waals surface area contributed by atoms with Crippen LogP contribution in [0.3, 0.4) is 0 Å². The maximum Gasteiger partial charge on any atom is 0.147 e. The predicted molar refractivity (Wildman–Crippen MR) is 103 cm³/mol. The van der Waals surface area contributed by atoms with Crippen molar-refractivity contribution < 1.29 is 38.3 Å². The molecule has 0 aliphatic heterocycles. The second-order valence-electron chi connectivity index (χ2n) is 5.65. The fourth-order valence-electron chi connectivity index (χ4n) is 2.02. The fraction of sp³-hybridized carbons (Fsp3) is 0.700. The van der Waals surface area contributed by atoms with Crippen molar-refractivity contribution in [3.8, 4) is 0 Å². The van der Waals surface area contributed by atoms with E-state index in [-0.39, 0.29) is 13.4 Å². The number of ether oxygens (including phenoxy) is 7. The van der Waals surface area contributed by atoms with E-state index >= 15 is 0 Å². The number of aliphatic hydroxyl groups excluding tert-OH is 1. The topological polar surface area (TPSA) is 84.8 Å². The quantitative estimate of drug-likeness (QED) is 0.243. The minimum Gasteiger partial charge on any atom is -0.394 e. The van der Waals surface area contributed by atoms with Crippen LogP contribution in [0.5, 0.6) is 0 Å². The molecule has 8 nitrogen and oxygen atoms in total. The summed E-state index contributed by atoms with van der Waals surface area (Å²) in [6.45, 7) is 6.27. The Hall–Kier alpha value is -1.10. The van der Waals surface area contributed by atoms with Gasteiger partial charge in [0.2, 0.25) is 0 Å². The molecule has 8 heteroatoms. The molecular weight excluding hydrogens is 368 g/mol. The van der Waals surface area contributed by atoms with E-state index in [1.165, 1.54) is 0 Å². The summed E-state index contributed by atoms with van der Waals surface area (Å²) in [7, 11) is 0. The highest BCUT2D eigenvalue weighted by Crippen LogP contribution is 2.00. The maximum absolute atomic E-state index is 8.53. The van der Waals surface area contributed by atoms with Gasteiger partial charge in [-0.2, -0.15) is 0 Å². The molecule has 1 aromatic rings. The molecule has 0 saturated heterocycles. The van der Waals surface area contributed by atoms with Crippen molar-refractivity contribution in [2.24, 2.45) is 0 Å². The Kier molecular flexibility index (Phi) is 18.4. The van der Waals surface area contributed by atoms with Crippen molar-refractivity contribution in [1.82, 2.24) is 0 Å². The second kappa shape index (κ2) is 20.6. The summed E-state index contributed by atoms with van der Waals surface area (Å²) in [5, 5.41) is 8.53. The van der Waals surface area contributed by atoms with Crippen LogP contribution in [0.4, 0.5) is 0 Å². The van der Waals surface area contributed by atoms with Gasteiger partial charge in [-0.15, -0.1) is 0 Å². The smallest absolute Gasteiger partial charge is 0.147 e. The third-order valence-electron chi connectivity index (χ3n) is 3.37. The summed E-state index contributed by atoms with van der Waals surface area (Å²) < 4.78 is 37.3. The number of hydrogen-bond acceptors (Lipinski definition) is 8. The third kappa shape index (κ3) is 17.0. The molecule has 0 bridgehead atoms. The molecule has 0 aromatic heterocycles. The maximum atomic E-state index is 8.53. The molecule has 28 heavy (non-hydrogen) atoms. The molecule has 0 saturated carbocycles. The summed E-state index contributed by atoms with van der Waals surface area (Å²) >= 11 is 0. The van der Waals surface area contributed by atoms with Crippen molar-refractivity contribution in [2.45, 2.75) is 6.61 Å². The standard InChI is InChI=1S/C20H34O8/c21-6-7-22-8-9-23-10-11-24-12-13-25-14-15-26-16-17-27-19-28-18-20-4-2-1-3-5-20/h1-5,21H,6-19H2. The Labute approximate surface area is 167 Å². The molecule has 0 aliphatic rings. The summed E-state index contributed by atoms with van der Waals surface area (Å²) in [6.07, 6.45) is 0. The molecule has 162 valence electrons. The van der Waals surface area contributed by atoms with Crippen molar-refractivity contribution in [3.63, 3.8) is 0 Å². The van der Waals surface area contributed by atoms with Gasteiger partial charge in [-0.3, -0.25) is 0 Å². The van der Waals surface area contributed by atoms with E-state index in [0.717, 1.165) is 5.56 Å². The molecule has 1 rings (SSSR count). The van der Waals surface area contributed by atoms with Crippen LogP contribution in [-0.4, -0.2) is 91.2 Å². The molecule has 0 radical (unpaired) electrons. The zero-order chi connectivity index (χ0) is 20.0. The van der Waals surface area contributed by atoms with E-state index in [4.69, 9.17) is 38.3 Å². The number of benzene rings is 1. The van der Waals surface area contributed by atoms with Gasteiger partial charge >= 0.3 is 0 Å². The summed E-state index contributed by atoms with van der Waals surface area (Å²) in [6, 6.07) is 9.97. The van der Waals surface area contributed by atoms with Crippen LogP contribution in [0.2, 0.25) is 0 Å². The predicted octanol–water partition coefficient (Wildman–Crippen LogP) is 1.25. The highest BCUT2D eigenvalue weighted by molar-refractivity contribution is 5.13. The van der Waals surface area contributed by atoms with Crippen molar-refractivity contribution in [2.75, 3.05) is 86.1 Å². The van der Waals surface area contributed by atoms with Crippen LogP contribution in [0.1, 0.15) is 5.56 Å². The molecule has 0 fully saturated rings. The lowest BCUT2D eigenvalue weighted by Gasteiger charge is -2.08. The van der Waals surface area contributed by atoms with E-state index in [1.54, 1.807) is 0 Å². The van der Waals surface area contributed by atoms with Crippen LogP contribution in [0, 0.1) is 0 Å². The van der Waals surface area contributed by atoms with E-state index in [0.29, 0.717) is 79.3 Å². The average Bonchev–Trinajstić information content (AvgIpc) is 2.73. The van der Waals surface area contributed by atoms with Gasteiger partial charge in [0.15, 0.2) is 0 Å². The minimum atomic E-state index is 0.0338. The van der Waals surface area contributed by atoms with E-state index in [2.05, 4.69) is 0 Å². The van der Waals surface area contributed by atoms with E-state index < -0.39 is 0 Å². The number of hydrogen-bond donors (Lipinski definition) is 1. The largest absolute Gasteiger partial charge is 0.394 e. The van der Waals surface area contributed by atoms with Crippen molar-refractivity contribution in [1.29, 1.82) is 0 Å². The molecular formula is C20H34O8. The lowest BCUT2D eigenvalue weighted by molar-refractivity contribution is -0.0792. The van der Waals surface area contributed by atoms with Crippen LogP contribution >= 0.6 is 0 Å². The number of aliphatic hydroxyl groups is 1. The minimum absolute atomic E-state index is 0.0338. The summed E-state index contributed by atoms with van der Waals surface area (Å²) in [5.41, 5.74) is 1.12. The van der Waals surface area contributed by atoms with Crippen molar-refractivity contribution >= 4 is 0 Å². The SMILES string of the molecule is OCCOCCOCCOCCOCCOCCOCOCc1ccccc1. The third-order valence-corrected chi connectivity index (χ3v) is 3.37. The lowest BCUT2D eigenvalue weighted by atomic mass is 10.2. The molecule has 0 heterocycles. The molecule has 1 N–H and O–H groups in total. The first-order chi connectivity index (χ1) is 13.9. The first-order valence-corrected chi connectivity index (χ1v) is 9.62.